The van der Waals surface area contributed by atoms with E-state index in [0.717, 1.165) is 0 Å². The van der Waals surface area contributed by atoms with Crippen LogP contribution in [-0.4, -0.2) is 21.1 Å². The number of nitro groups is 1. The van der Waals surface area contributed by atoms with Crippen LogP contribution in [0.5, 0.6) is 0 Å². The number of aliphatic hydroxyl groups is 1. The number of aliphatic carboxylic acids is 1. The molecule has 1 unspecified atom stereocenters. The van der Waals surface area contributed by atoms with Crippen molar-refractivity contribution in [2.45, 2.75) is 13.0 Å². The van der Waals surface area contributed by atoms with Gasteiger partial charge in [-0.25, -0.2) is 4.79 Å². The first-order valence-corrected chi connectivity index (χ1v) is 4.99. The van der Waals surface area contributed by atoms with E-state index in [-0.39, 0.29) is 15.7 Å². The molecule has 1 aromatic rings. The van der Waals surface area contributed by atoms with Crippen molar-refractivity contribution in [3.05, 3.63) is 37.8 Å². The fraction of sp³-hybridized carbons (Fsp3) is 0.222. The Bertz CT molecular complexity index is 459. The summed E-state index contributed by atoms with van der Waals surface area (Å²) in [6, 6.07) is 2.64. The Labute approximate surface area is 98.8 Å². The van der Waals surface area contributed by atoms with Gasteiger partial charge in [0, 0.05) is 11.6 Å². The SMILES string of the molecule is Cc1ccc([N+](=O)[O-])c(Br)c1C(O)C(=O)O. The van der Waals surface area contributed by atoms with Gasteiger partial charge in [0.1, 0.15) is 4.47 Å². The molecule has 2 N–H and O–H groups in total. The molecule has 1 rings (SSSR count). The monoisotopic (exact) mass is 289 g/mol. The summed E-state index contributed by atoms with van der Waals surface area (Å²) >= 11 is 2.94. The second-order valence-corrected chi connectivity index (χ2v) is 3.92. The van der Waals surface area contributed by atoms with Crippen LogP contribution in [0.3, 0.4) is 0 Å². The fourth-order valence-corrected chi connectivity index (χ4v) is 2.08. The van der Waals surface area contributed by atoms with E-state index in [0.29, 0.717) is 5.56 Å². The third-order valence-electron chi connectivity index (χ3n) is 2.08. The minimum absolute atomic E-state index is 0.00157. The van der Waals surface area contributed by atoms with Crippen LogP contribution in [0.25, 0.3) is 0 Å². The lowest BCUT2D eigenvalue weighted by Gasteiger charge is -2.11. The molecule has 0 spiro atoms. The molecule has 7 heteroatoms. The molecule has 16 heavy (non-hydrogen) atoms. The van der Waals surface area contributed by atoms with Gasteiger partial charge in [0.2, 0.25) is 0 Å². The van der Waals surface area contributed by atoms with Crippen LogP contribution in [0, 0.1) is 17.0 Å². The lowest BCUT2D eigenvalue weighted by molar-refractivity contribution is -0.385. The molecule has 0 aromatic heterocycles. The predicted molar refractivity (Wildman–Crippen MR) is 58.1 cm³/mol. The lowest BCUT2D eigenvalue weighted by atomic mass is 10.0. The number of halogens is 1. The number of aryl methyl sites for hydroxylation is 1. The molecule has 0 radical (unpaired) electrons. The molecule has 6 nitrogen and oxygen atoms in total. The van der Waals surface area contributed by atoms with Gasteiger partial charge in [0.15, 0.2) is 6.10 Å². The molecule has 0 aliphatic heterocycles. The second-order valence-electron chi connectivity index (χ2n) is 3.13. The van der Waals surface area contributed by atoms with Gasteiger partial charge in [-0.2, -0.15) is 0 Å². The van der Waals surface area contributed by atoms with E-state index < -0.39 is 17.0 Å². The van der Waals surface area contributed by atoms with Crippen molar-refractivity contribution in [2.24, 2.45) is 0 Å². The summed E-state index contributed by atoms with van der Waals surface area (Å²) < 4.78 is -0.00704. The lowest BCUT2D eigenvalue weighted by Crippen LogP contribution is -2.13. The highest BCUT2D eigenvalue weighted by Gasteiger charge is 2.26. The standard InChI is InChI=1S/C9H8BrNO5/c1-4-2-3-5(11(15)16)7(10)6(4)8(12)9(13)14/h2-3,8,12H,1H3,(H,13,14). The van der Waals surface area contributed by atoms with Gasteiger partial charge in [-0.1, -0.05) is 6.07 Å². The minimum Gasteiger partial charge on any atom is -0.479 e. The maximum absolute atomic E-state index is 10.6. The van der Waals surface area contributed by atoms with E-state index >= 15 is 0 Å². The summed E-state index contributed by atoms with van der Waals surface area (Å²) in [5, 5.41) is 28.7. The average molecular weight is 290 g/mol. The zero-order chi connectivity index (χ0) is 12.5. The number of nitrogens with zero attached hydrogens (tertiary/aromatic N) is 1. The van der Waals surface area contributed by atoms with Crippen LogP contribution in [0.4, 0.5) is 5.69 Å². The van der Waals surface area contributed by atoms with Gasteiger partial charge in [-0.3, -0.25) is 10.1 Å². The van der Waals surface area contributed by atoms with E-state index in [2.05, 4.69) is 15.9 Å². The van der Waals surface area contributed by atoms with Crippen LogP contribution in [0.15, 0.2) is 16.6 Å². The molecule has 1 aromatic carbocycles. The second kappa shape index (κ2) is 4.58. The summed E-state index contributed by atoms with van der Waals surface area (Å²) in [5.74, 6) is -1.45. The zero-order valence-electron chi connectivity index (χ0n) is 8.18. The Morgan fingerprint density at radius 2 is 2.12 bits per heavy atom. The van der Waals surface area contributed by atoms with Gasteiger partial charge in [-0.15, -0.1) is 0 Å². The molecular formula is C9H8BrNO5. The Morgan fingerprint density at radius 3 is 2.56 bits per heavy atom. The number of aliphatic hydroxyl groups excluding tert-OH is 1. The summed E-state index contributed by atoms with van der Waals surface area (Å²) in [7, 11) is 0. The first-order chi connectivity index (χ1) is 7.36. The average Bonchev–Trinajstić information content (AvgIpc) is 2.16. The Balaban J connectivity index is 3.43. The van der Waals surface area contributed by atoms with Crippen molar-refractivity contribution >= 4 is 27.6 Å². The largest absolute Gasteiger partial charge is 0.479 e. The predicted octanol–water partition coefficient (Wildman–Crippen LogP) is 1.78. The number of nitro benzene ring substituents is 1. The minimum atomic E-state index is -1.78. The number of rotatable bonds is 3. The topological polar surface area (TPSA) is 101 Å². The van der Waals surface area contributed by atoms with E-state index in [1.165, 1.54) is 12.1 Å². The van der Waals surface area contributed by atoms with E-state index in [1.807, 2.05) is 0 Å². The summed E-state index contributed by atoms with van der Waals surface area (Å²) in [4.78, 5) is 20.6. The quantitative estimate of drug-likeness (QED) is 0.652. The molecule has 0 fully saturated rings. The van der Waals surface area contributed by atoms with E-state index in [9.17, 15) is 20.0 Å². The van der Waals surface area contributed by atoms with Crippen LogP contribution < -0.4 is 0 Å². The van der Waals surface area contributed by atoms with Crippen LogP contribution in [-0.2, 0) is 4.79 Å². The first kappa shape index (κ1) is 12.6. The zero-order valence-corrected chi connectivity index (χ0v) is 9.76. The number of carboxylic acids is 1. The smallest absolute Gasteiger partial charge is 0.337 e. The molecule has 0 amide bonds. The van der Waals surface area contributed by atoms with Crippen LogP contribution >= 0.6 is 15.9 Å². The summed E-state index contributed by atoms with van der Waals surface area (Å²) in [5.41, 5.74) is 0.190. The van der Waals surface area contributed by atoms with Crippen molar-refractivity contribution in [2.75, 3.05) is 0 Å². The van der Waals surface area contributed by atoms with Crippen molar-refractivity contribution < 1.29 is 19.9 Å². The number of benzene rings is 1. The number of hydrogen-bond donors (Lipinski definition) is 2. The van der Waals surface area contributed by atoms with Crippen LogP contribution in [0.1, 0.15) is 17.2 Å². The third kappa shape index (κ3) is 2.20. The summed E-state index contributed by atoms with van der Waals surface area (Å²) in [6.45, 7) is 1.57. The highest BCUT2D eigenvalue weighted by atomic mass is 79.9. The van der Waals surface area contributed by atoms with E-state index in [4.69, 9.17) is 5.11 Å². The van der Waals surface area contributed by atoms with Crippen molar-refractivity contribution in [3.8, 4) is 0 Å². The van der Waals surface area contributed by atoms with Gasteiger partial charge in [-0.05, 0) is 28.4 Å². The van der Waals surface area contributed by atoms with E-state index in [1.54, 1.807) is 6.92 Å². The van der Waals surface area contributed by atoms with Gasteiger partial charge in [0.25, 0.3) is 5.69 Å². The molecule has 1 atom stereocenters. The van der Waals surface area contributed by atoms with Crippen molar-refractivity contribution in [3.63, 3.8) is 0 Å². The molecule has 0 saturated heterocycles. The third-order valence-corrected chi connectivity index (χ3v) is 2.91. The molecule has 0 heterocycles. The van der Waals surface area contributed by atoms with Crippen molar-refractivity contribution in [1.82, 2.24) is 0 Å². The number of carboxylic acid groups (broad SMARTS) is 1. The van der Waals surface area contributed by atoms with Gasteiger partial charge in [0.05, 0.1) is 4.92 Å². The molecular weight excluding hydrogens is 282 g/mol. The molecule has 0 bridgehead atoms. The maximum Gasteiger partial charge on any atom is 0.337 e. The highest BCUT2D eigenvalue weighted by molar-refractivity contribution is 9.10. The Morgan fingerprint density at radius 1 is 1.56 bits per heavy atom. The maximum atomic E-state index is 10.6. The van der Waals surface area contributed by atoms with Crippen LogP contribution in [0.2, 0.25) is 0 Å². The Hall–Kier alpha value is -1.47. The van der Waals surface area contributed by atoms with Gasteiger partial charge < -0.3 is 10.2 Å². The Kier molecular flexibility index (Phi) is 3.61. The van der Waals surface area contributed by atoms with Crippen molar-refractivity contribution in [1.29, 1.82) is 0 Å². The molecule has 0 aliphatic rings. The highest BCUT2D eigenvalue weighted by Crippen LogP contribution is 2.34. The first-order valence-electron chi connectivity index (χ1n) is 4.20. The summed E-state index contributed by atoms with van der Waals surface area (Å²) in [6.07, 6.45) is -1.78. The molecule has 0 aliphatic carbocycles. The fourth-order valence-electron chi connectivity index (χ4n) is 1.28. The number of carbonyl (C=O) groups is 1. The molecule has 86 valence electrons. The molecule has 0 saturated carbocycles. The normalized spacial score (nSPS) is 12.2. The van der Waals surface area contributed by atoms with Gasteiger partial charge >= 0.3 is 5.97 Å². The number of hydrogen-bond acceptors (Lipinski definition) is 4.